The molecular formula is C5H8Cl2N2S. The SMILES string of the molecule is Cc1sc(Cl)nc1CN.Cl. The molecule has 0 bridgehead atoms. The van der Waals surface area contributed by atoms with Gasteiger partial charge in [0.2, 0.25) is 0 Å². The second-order valence-corrected chi connectivity index (χ2v) is 3.46. The number of halogens is 2. The van der Waals surface area contributed by atoms with Crippen LogP contribution in [0.15, 0.2) is 0 Å². The Labute approximate surface area is 74.8 Å². The van der Waals surface area contributed by atoms with Gasteiger partial charge in [-0.1, -0.05) is 11.6 Å². The van der Waals surface area contributed by atoms with Crippen molar-refractivity contribution in [1.29, 1.82) is 0 Å². The van der Waals surface area contributed by atoms with E-state index in [1.807, 2.05) is 6.92 Å². The van der Waals surface area contributed by atoms with Crippen molar-refractivity contribution in [2.24, 2.45) is 5.73 Å². The first-order valence-corrected chi connectivity index (χ1v) is 3.75. The largest absolute Gasteiger partial charge is 0.325 e. The highest BCUT2D eigenvalue weighted by Gasteiger charge is 2.01. The van der Waals surface area contributed by atoms with Gasteiger partial charge in [-0.2, -0.15) is 0 Å². The van der Waals surface area contributed by atoms with Crippen molar-refractivity contribution < 1.29 is 0 Å². The van der Waals surface area contributed by atoms with Crippen LogP contribution in [0.2, 0.25) is 4.47 Å². The van der Waals surface area contributed by atoms with E-state index in [9.17, 15) is 0 Å². The van der Waals surface area contributed by atoms with Gasteiger partial charge in [0, 0.05) is 11.4 Å². The normalized spacial score (nSPS) is 9.10. The van der Waals surface area contributed by atoms with Crippen LogP contribution in [-0.4, -0.2) is 4.98 Å². The number of hydrogen-bond donors (Lipinski definition) is 1. The van der Waals surface area contributed by atoms with Gasteiger partial charge in [-0.25, -0.2) is 4.98 Å². The maximum absolute atomic E-state index is 5.60. The van der Waals surface area contributed by atoms with Crippen LogP contribution in [0.3, 0.4) is 0 Å². The molecule has 0 aromatic carbocycles. The molecule has 0 aliphatic rings. The zero-order valence-electron chi connectivity index (χ0n) is 5.43. The predicted octanol–water partition coefficient (Wildman–Crippen LogP) is 1.99. The lowest BCUT2D eigenvalue weighted by Crippen LogP contribution is -1.97. The van der Waals surface area contributed by atoms with Crippen molar-refractivity contribution in [1.82, 2.24) is 4.98 Å². The summed E-state index contributed by atoms with van der Waals surface area (Å²) in [4.78, 5) is 5.10. The van der Waals surface area contributed by atoms with Gasteiger partial charge in [0.15, 0.2) is 4.47 Å². The number of thiazole rings is 1. The summed E-state index contributed by atoms with van der Waals surface area (Å²) in [6.07, 6.45) is 0. The Morgan fingerprint density at radius 3 is 2.50 bits per heavy atom. The molecule has 2 nitrogen and oxygen atoms in total. The van der Waals surface area contributed by atoms with Crippen LogP contribution in [0.5, 0.6) is 0 Å². The van der Waals surface area contributed by atoms with Gasteiger partial charge < -0.3 is 5.73 Å². The van der Waals surface area contributed by atoms with E-state index < -0.39 is 0 Å². The molecule has 5 heteroatoms. The minimum absolute atomic E-state index is 0. The van der Waals surface area contributed by atoms with Crippen molar-refractivity contribution in [3.05, 3.63) is 15.0 Å². The molecule has 0 amide bonds. The maximum atomic E-state index is 5.60. The second kappa shape index (κ2) is 4.13. The van der Waals surface area contributed by atoms with E-state index in [0.717, 1.165) is 10.6 Å². The molecule has 10 heavy (non-hydrogen) atoms. The zero-order chi connectivity index (χ0) is 6.85. The summed E-state index contributed by atoms with van der Waals surface area (Å²) in [6, 6.07) is 0. The fraction of sp³-hybridized carbons (Fsp3) is 0.400. The monoisotopic (exact) mass is 198 g/mol. The molecule has 0 saturated heterocycles. The van der Waals surface area contributed by atoms with Gasteiger partial charge in [0.05, 0.1) is 5.69 Å². The highest BCUT2D eigenvalue weighted by atomic mass is 35.5. The number of nitrogens with zero attached hydrogens (tertiary/aromatic N) is 1. The molecule has 0 unspecified atom stereocenters. The summed E-state index contributed by atoms with van der Waals surface area (Å²) >= 11 is 7.06. The summed E-state index contributed by atoms with van der Waals surface area (Å²) in [7, 11) is 0. The highest BCUT2D eigenvalue weighted by Crippen LogP contribution is 2.20. The number of hydrogen-bond acceptors (Lipinski definition) is 3. The number of aryl methyl sites for hydroxylation is 1. The van der Waals surface area contributed by atoms with E-state index in [1.54, 1.807) is 0 Å². The lowest BCUT2D eigenvalue weighted by Gasteiger charge is -1.86. The van der Waals surface area contributed by atoms with E-state index >= 15 is 0 Å². The molecule has 0 fully saturated rings. The zero-order valence-corrected chi connectivity index (χ0v) is 7.82. The average Bonchev–Trinajstić information content (AvgIpc) is 2.10. The van der Waals surface area contributed by atoms with E-state index in [0.29, 0.717) is 11.0 Å². The van der Waals surface area contributed by atoms with Crippen LogP contribution in [-0.2, 0) is 6.54 Å². The van der Waals surface area contributed by atoms with Crippen molar-refractivity contribution >= 4 is 35.3 Å². The topological polar surface area (TPSA) is 38.9 Å². The van der Waals surface area contributed by atoms with Gasteiger partial charge in [0.1, 0.15) is 0 Å². The molecule has 0 atom stereocenters. The Morgan fingerprint density at radius 1 is 1.70 bits per heavy atom. The molecule has 1 rings (SSSR count). The summed E-state index contributed by atoms with van der Waals surface area (Å²) in [5.41, 5.74) is 6.26. The van der Waals surface area contributed by atoms with Gasteiger partial charge in [-0.05, 0) is 6.92 Å². The summed E-state index contributed by atoms with van der Waals surface area (Å²) in [5.74, 6) is 0. The smallest absolute Gasteiger partial charge is 0.184 e. The predicted molar refractivity (Wildman–Crippen MR) is 47.0 cm³/mol. The lowest BCUT2D eigenvalue weighted by molar-refractivity contribution is 0.997. The van der Waals surface area contributed by atoms with Gasteiger partial charge in [-0.15, -0.1) is 23.7 Å². The van der Waals surface area contributed by atoms with Gasteiger partial charge in [-0.3, -0.25) is 0 Å². The van der Waals surface area contributed by atoms with Crippen LogP contribution < -0.4 is 5.73 Å². The third-order valence-electron chi connectivity index (χ3n) is 1.06. The average molecular weight is 199 g/mol. The van der Waals surface area contributed by atoms with Crippen LogP contribution in [0.25, 0.3) is 0 Å². The van der Waals surface area contributed by atoms with Crippen LogP contribution >= 0.6 is 35.3 Å². The van der Waals surface area contributed by atoms with Crippen molar-refractivity contribution in [2.45, 2.75) is 13.5 Å². The quantitative estimate of drug-likeness (QED) is 0.751. The molecule has 0 spiro atoms. The Kier molecular flexibility index (Phi) is 4.20. The van der Waals surface area contributed by atoms with E-state index in [2.05, 4.69) is 4.98 Å². The lowest BCUT2D eigenvalue weighted by atomic mass is 10.4. The number of rotatable bonds is 1. The minimum atomic E-state index is 0. The molecule has 0 aliphatic heterocycles. The Balaban J connectivity index is 0.000000810. The summed E-state index contributed by atoms with van der Waals surface area (Å²) < 4.78 is 0.577. The first-order chi connectivity index (χ1) is 4.24. The molecule has 0 radical (unpaired) electrons. The first kappa shape index (κ1) is 10.2. The molecule has 1 aromatic heterocycles. The van der Waals surface area contributed by atoms with E-state index in [1.165, 1.54) is 11.3 Å². The van der Waals surface area contributed by atoms with Crippen molar-refractivity contribution in [2.75, 3.05) is 0 Å². The molecule has 1 aromatic rings. The van der Waals surface area contributed by atoms with Crippen LogP contribution in [0.4, 0.5) is 0 Å². The Hall–Kier alpha value is 0.170. The standard InChI is InChI=1S/C5H7ClN2S.ClH/c1-3-4(2-7)8-5(6)9-3;/h2,7H2,1H3;1H. The van der Waals surface area contributed by atoms with Crippen molar-refractivity contribution in [3.8, 4) is 0 Å². The Morgan fingerprint density at radius 2 is 2.30 bits per heavy atom. The first-order valence-electron chi connectivity index (χ1n) is 2.56. The van der Waals surface area contributed by atoms with Crippen LogP contribution in [0, 0.1) is 6.92 Å². The fourth-order valence-electron chi connectivity index (χ4n) is 0.582. The van der Waals surface area contributed by atoms with E-state index in [-0.39, 0.29) is 12.4 Å². The third-order valence-corrected chi connectivity index (χ3v) is 2.18. The molecule has 58 valence electrons. The fourth-order valence-corrected chi connectivity index (χ4v) is 1.69. The number of nitrogens with two attached hydrogens (primary N) is 1. The highest BCUT2D eigenvalue weighted by molar-refractivity contribution is 7.15. The molecular weight excluding hydrogens is 191 g/mol. The maximum Gasteiger partial charge on any atom is 0.184 e. The Bertz CT molecular complexity index is 211. The minimum Gasteiger partial charge on any atom is -0.325 e. The second-order valence-electron chi connectivity index (χ2n) is 1.67. The molecule has 1 heterocycles. The molecule has 0 aliphatic carbocycles. The van der Waals surface area contributed by atoms with Crippen molar-refractivity contribution in [3.63, 3.8) is 0 Å². The van der Waals surface area contributed by atoms with E-state index in [4.69, 9.17) is 17.3 Å². The molecule has 0 saturated carbocycles. The number of aromatic nitrogens is 1. The summed E-state index contributed by atoms with van der Waals surface area (Å²) in [6.45, 7) is 2.45. The third kappa shape index (κ3) is 2.09. The molecule has 2 N–H and O–H groups in total. The van der Waals surface area contributed by atoms with Gasteiger partial charge >= 0.3 is 0 Å². The van der Waals surface area contributed by atoms with Crippen LogP contribution in [0.1, 0.15) is 10.6 Å². The summed E-state index contributed by atoms with van der Waals surface area (Å²) in [5, 5.41) is 0. The van der Waals surface area contributed by atoms with Gasteiger partial charge in [0.25, 0.3) is 0 Å².